The third-order valence-electron chi connectivity index (χ3n) is 5.74. The van der Waals surface area contributed by atoms with Crippen LogP contribution in [0.25, 0.3) is 0 Å². The summed E-state index contributed by atoms with van der Waals surface area (Å²) in [7, 11) is 3.14. The first-order valence-corrected chi connectivity index (χ1v) is 8.81. The van der Waals surface area contributed by atoms with E-state index in [0.29, 0.717) is 31.1 Å². The molecular formula is C20H20FNO4. The van der Waals surface area contributed by atoms with E-state index >= 15 is 0 Å². The summed E-state index contributed by atoms with van der Waals surface area (Å²) in [5.74, 6) is 1.64. The fraction of sp³-hybridized carbons (Fsp3) is 0.400. The average molecular weight is 357 g/mol. The maximum atomic E-state index is 14.8. The van der Waals surface area contributed by atoms with Crippen LogP contribution in [0.2, 0.25) is 0 Å². The highest BCUT2D eigenvalue weighted by molar-refractivity contribution is 5.54. The highest BCUT2D eigenvalue weighted by Crippen LogP contribution is 2.46. The first-order chi connectivity index (χ1) is 12.7. The fourth-order valence-electron chi connectivity index (χ4n) is 4.47. The first kappa shape index (κ1) is 15.9. The van der Waals surface area contributed by atoms with Crippen molar-refractivity contribution >= 4 is 0 Å². The molecule has 26 heavy (non-hydrogen) atoms. The summed E-state index contributed by atoms with van der Waals surface area (Å²) in [5, 5.41) is 0. The van der Waals surface area contributed by atoms with Gasteiger partial charge in [0.1, 0.15) is 12.4 Å². The van der Waals surface area contributed by atoms with Gasteiger partial charge >= 0.3 is 0 Å². The summed E-state index contributed by atoms with van der Waals surface area (Å²) in [5.41, 5.74) is 5.22. The van der Waals surface area contributed by atoms with Crippen molar-refractivity contribution in [3.05, 3.63) is 51.8 Å². The van der Waals surface area contributed by atoms with Gasteiger partial charge in [-0.1, -0.05) is 0 Å². The molecule has 1 unspecified atom stereocenters. The largest absolute Gasteiger partial charge is 0.493 e. The zero-order valence-corrected chi connectivity index (χ0v) is 14.8. The third-order valence-corrected chi connectivity index (χ3v) is 5.74. The highest BCUT2D eigenvalue weighted by Gasteiger charge is 2.37. The Balaban J connectivity index is 1.60. The minimum Gasteiger partial charge on any atom is -0.493 e. The molecule has 0 bridgehead atoms. The van der Waals surface area contributed by atoms with Crippen LogP contribution in [0.3, 0.4) is 0 Å². The van der Waals surface area contributed by atoms with Gasteiger partial charge in [0, 0.05) is 36.3 Å². The van der Waals surface area contributed by atoms with Gasteiger partial charge in [-0.05, 0) is 41.7 Å². The number of hydrogen-bond acceptors (Lipinski definition) is 5. The second kappa shape index (κ2) is 5.86. The number of methoxy groups -OCH3 is 2. The second-order valence-electron chi connectivity index (χ2n) is 7.00. The second-order valence-corrected chi connectivity index (χ2v) is 7.00. The topological polar surface area (TPSA) is 40.2 Å². The molecule has 3 heterocycles. The number of benzene rings is 2. The van der Waals surface area contributed by atoms with Crippen molar-refractivity contribution in [3.63, 3.8) is 0 Å². The van der Waals surface area contributed by atoms with E-state index in [-0.39, 0.29) is 11.9 Å². The smallest absolute Gasteiger partial charge is 0.171 e. The predicted octanol–water partition coefficient (Wildman–Crippen LogP) is 3.32. The minimum absolute atomic E-state index is 0.133. The molecule has 0 spiro atoms. The van der Waals surface area contributed by atoms with Crippen molar-refractivity contribution < 1.29 is 23.6 Å². The van der Waals surface area contributed by atoms with Crippen molar-refractivity contribution in [2.24, 2.45) is 0 Å². The normalized spacial score (nSPS) is 20.5. The summed E-state index contributed by atoms with van der Waals surface area (Å²) >= 11 is 0. The molecule has 0 radical (unpaired) electrons. The summed E-state index contributed by atoms with van der Waals surface area (Å²) in [4.78, 5) is 12.8. The van der Waals surface area contributed by atoms with Gasteiger partial charge < -0.3 is 14.4 Å². The molecule has 136 valence electrons. The van der Waals surface area contributed by atoms with Gasteiger partial charge in [0.15, 0.2) is 17.2 Å². The van der Waals surface area contributed by atoms with Crippen LogP contribution in [0.4, 0.5) is 4.39 Å². The summed E-state index contributed by atoms with van der Waals surface area (Å²) in [6, 6.07) is 5.80. The predicted molar refractivity (Wildman–Crippen MR) is 91.9 cm³/mol. The molecule has 0 aromatic heterocycles. The summed E-state index contributed by atoms with van der Waals surface area (Å²) in [6.45, 7) is 2.07. The zero-order valence-electron chi connectivity index (χ0n) is 14.8. The maximum absolute atomic E-state index is 14.8. The van der Waals surface area contributed by atoms with Crippen molar-refractivity contribution in [2.75, 3.05) is 20.8 Å². The Morgan fingerprint density at radius 3 is 2.81 bits per heavy atom. The summed E-state index contributed by atoms with van der Waals surface area (Å²) < 4.78 is 25.6. The Morgan fingerprint density at radius 2 is 2.00 bits per heavy atom. The number of hydrogen-bond donors (Lipinski definition) is 0. The van der Waals surface area contributed by atoms with Gasteiger partial charge in [0.2, 0.25) is 0 Å². The van der Waals surface area contributed by atoms with Crippen LogP contribution in [0, 0.1) is 5.82 Å². The number of halogens is 1. The van der Waals surface area contributed by atoms with Crippen LogP contribution in [0.5, 0.6) is 17.2 Å². The molecule has 0 saturated heterocycles. The maximum Gasteiger partial charge on any atom is 0.171 e. The molecule has 0 aliphatic carbocycles. The van der Waals surface area contributed by atoms with Gasteiger partial charge in [-0.2, -0.15) is 4.89 Å². The average Bonchev–Trinajstić information content (AvgIpc) is 3.12. The van der Waals surface area contributed by atoms with Gasteiger partial charge in [0.05, 0.1) is 14.2 Å². The van der Waals surface area contributed by atoms with E-state index in [1.165, 1.54) is 24.3 Å². The van der Waals surface area contributed by atoms with Crippen LogP contribution in [-0.2, 0) is 30.9 Å². The van der Waals surface area contributed by atoms with Crippen LogP contribution >= 0.6 is 0 Å². The van der Waals surface area contributed by atoms with Gasteiger partial charge in [-0.15, -0.1) is 0 Å². The lowest BCUT2D eigenvalue weighted by Crippen LogP contribution is -2.40. The van der Waals surface area contributed by atoms with E-state index in [9.17, 15) is 4.39 Å². The lowest BCUT2D eigenvalue weighted by atomic mass is 9.83. The first-order valence-electron chi connectivity index (χ1n) is 8.81. The monoisotopic (exact) mass is 357 g/mol. The molecule has 0 saturated carbocycles. The van der Waals surface area contributed by atoms with Crippen molar-refractivity contribution in [1.82, 2.24) is 4.90 Å². The molecule has 5 nitrogen and oxygen atoms in total. The molecule has 0 amide bonds. The third kappa shape index (κ3) is 2.22. The molecule has 0 fully saturated rings. The van der Waals surface area contributed by atoms with E-state index in [2.05, 4.69) is 17.0 Å². The van der Waals surface area contributed by atoms with Crippen LogP contribution < -0.4 is 14.4 Å². The van der Waals surface area contributed by atoms with Crippen LogP contribution in [0.15, 0.2) is 18.2 Å². The Kier molecular flexibility index (Phi) is 3.58. The van der Waals surface area contributed by atoms with E-state index < -0.39 is 0 Å². The quantitative estimate of drug-likeness (QED) is 0.771. The van der Waals surface area contributed by atoms with Crippen molar-refractivity contribution in [1.29, 1.82) is 0 Å². The highest BCUT2D eigenvalue weighted by atomic mass is 19.1. The van der Waals surface area contributed by atoms with E-state index in [0.717, 1.165) is 35.4 Å². The van der Waals surface area contributed by atoms with Gasteiger partial charge in [-0.3, -0.25) is 4.90 Å². The van der Waals surface area contributed by atoms with Gasteiger partial charge in [0.25, 0.3) is 0 Å². The van der Waals surface area contributed by atoms with Crippen molar-refractivity contribution in [2.45, 2.75) is 32.0 Å². The van der Waals surface area contributed by atoms with E-state index in [1.807, 2.05) is 0 Å². The Bertz CT molecular complexity index is 898. The molecule has 3 aliphatic rings. The Morgan fingerprint density at radius 1 is 1.12 bits per heavy atom. The molecule has 6 heteroatoms. The molecule has 0 N–H and O–H groups in total. The van der Waals surface area contributed by atoms with Crippen LogP contribution in [-0.4, -0.2) is 25.7 Å². The summed E-state index contributed by atoms with van der Waals surface area (Å²) in [6.07, 6.45) is 1.57. The molecule has 1 atom stereocenters. The lowest BCUT2D eigenvalue weighted by Gasteiger charge is -2.42. The Labute approximate surface area is 151 Å². The number of ether oxygens (including phenoxy) is 2. The van der Waals surface area contributed by atoms with Crippen LogP contribution in [0.1, 0.15) is 33.9 Å². The Hall–Kier alpha value is -2.31. The minimum atomic E-state index is -0.231. The number of nitrogens with zero attached hydrogens (tertiary/aromatic N) is 1. The SMILES string of the molecule is COc1cc(F)c2c(c1OC)CN1CCc3cc4c(cc3C1C2)OOC4. The fourth-order valence-corrected chi connectivity index (χ4v) is 4.47. The van der Waals surface area contributed by atoms with E-state index in [4.69, 9.17) is 19.2 Å². The van der Waals surface area contributed by atoms with Gasteiger partial charge in [-0.25, -0.2) is 4.39 Å². The standard InChI is InChI=1S/C20H20FNO4/c1-23-19-8-16(21)14-6-17-13-7-18-12(10-25-26-18)5-11(13)3-4-22(17)9-15(14)20(19)24-2/h5,7-8,17H,3-4,6,9-10H2,1-2H3. The van der Waals surface area contributed by atoms with Crippen molar-refractivity contribution in [3.8, 4) is 17.2 Å². The molecule has 2 aromatic carbocycles. The number of fused-ring (bicyclic) bond motifs is 5. The van der Waals surface area contributed by atoms with E-state index in [1.54, 1.807) is 7.11 Å². The lowest BCUT2D eigenvalue weighted by molar-refractivity contribution is -0.194. The molecule has 3 aliphatic heterocycles. The molecule has 2 aromatic rings. The zero-order chi connectivity index (χ0) is 17.8. The molecule has 5 rings (SSSR count). The number of rotatable bonds is 2. The molecular weight excluding hydrogens is 337 g/mol.